The molecular formula is C31H33F2N7O4. The van der Waals surface area contributed by atoms with Crippen LogP contribution in [0.2, 0.25) is 0 Å². The number of hydrogen-bond donors (Lipinski definition) is 2. The van der Waals surface area contributed by atoms with Gasteiger partial charge in [0.1, 0.15) is 28.5 Å². The minimum Gasteiger partial charge on any atom is -0.457 e. The van der Waals surface area contributed by atoms with Crippen molar-refractivity contribution in [2.24, 2.45) is 7.05 Å². The van der Waals surface area contributed by atoms with E-state index < -0.39 is 12.5 Å². The summed E-state index contributed by atoms with van der Waals surface area (Å²) < 4.78 is 40.6. The van der Waals surface area contributed by atoms with E-state index in [4.69, 9.17) is 9.47 Å². The molecule has 0 saturated heterocycles. The molecule has 2 N–H and O–H groups in total. The predicted molar refractivity (Wildman–Crippen MR) is 160 cm³/mol. The van der Waals surface area contributed by atoms with E-state index in [1.54, 1.807) is 37.8 Å². The smallest absolute Gasteiger partial charge is 0.387 e. The zero-order chi connectivity index (χ0) is 31.1. The van der Waals surface area contributed by atoms with E-state index in [0.29, 0.717) is 23.6 Å². The fourth-order valence-electron chi connectivity index (χ4n) is 4.85. The van der Waals surface area contributed by atoms with Crippen molar-refractivity contribution in [2.75, 3.05) is 25.0 Å². The molecule has 0 fully saturated rings. The molecule has 0 spiro atoms. The quantitative estimate of drug-likeness (QED) is 0.173. The van der Waals surface area contributed by atoms with Gasteiger partial charge in [-0.3, -0.25) is 14.4 Å². The molecule has 11 nitrogen and oxygen atoms in total. The molecule has 5 aromatic rings. The Morgan fingerprint density at radius 1 is 1.14 bits per heavy atom. The average Bonchev–Trinajstić information content (AvgIpc) is 3.60. The first-order chi connectivity index (χ1) is 21.3. The number of aryl methyl sites for hydroxylation is 1. The van der Waals surface area contributed by atoms with Gasteiger partial charge in [0.25, 0.3) is 5.91 Å². The highest BCUT2D eigenvalue weighted by molar-refractivity contribution is 6.09. The third kappa shape index (κ3) is 7.36. The molecule has 0 atom stereocenters. The second kappa shape index (κ2) is 14.1. The summed E-state index contributed by atoms with van der Waals surface area (Å²) in [5, 5.41) is 20.6. The van der Waals surface area contributed by atoms with E-state index in [0.717, 1.165) is 31.6 Å². The molecule has 1 amide bonds. The van der Waals surface area contributed by atoms with Gasteiger partial charge >= 0.3 is 6.61 Å². The molecule has 0 aliphatic carbocycles. The number of rotatable bonds is 14. The number of fused-ring (bicyclic) bond motifs is 1. The molecule has 0 bridgehead atoms. The third-order valence-corrected chi connectivity index (χ3v) is 6.76. The van der Waals surface area contributed by atoms with Gasteiger partial charge in [-0.25, -0.2) is 9.50 Å². The molecule has 0 radical (unpaired) electrons. The molecule has 3 aromatic heterocycles. The van der Waals surface area contributed by atoms with Crippen LogP contribution in [0.5, 0.6) is 17.2 Å². The highest BCUT2D eigenvalue weighted by atomic mass is 19.3. The monoisotopic (exact) mass is 605 g/mol. The zero-order valence-corrected chi connectivity index (χ0v) is 24.4. The van der Waals surface area contributed by atoms with Crippen molar-refractivity contribution >= 4 is 17.2 Å². The van der Waals surface area contributed by atoms with Crippen LogP contribution in [0.4, 0.5) is 14.5 Å². The van der Waals surface area contributed by atoms with E-state index in [-0.39, 0.29) is 34.9 Å². The van der Waals surface area contributed by atoms with Gasteiger partial charge in [0.2, 0.25) is 0 Å². The summed E-state index contributed by atoms with van der Waals surface area (Å²) in [5.41, 5.74) is 2.37. The Kier molecular flexibility index (Phi) is 9.77. The molecule has 0 unspecified atom stereocenters. The highest BCUT2D eigenvalue weighted by Crippen LogP contribution is 2.38. The summed E-state index contributed by atoms with van der Waals surface area (Å²) in [4.78, 5) is 19.7. The van der Waals surface area contributed by atoms with E-state index in [1.165, 1.54) is 27.5 Å². The maximum atomic E-state index is 13.4. The van der Waals surface area contributed by atoms with Crippen LogP contribution in [-0.2, 0) is 13.6 Å². The standard InChI is InChI=1S/C31H33F2N7O4/c1-3-13-39(14-5-16-41)19-21-6-8-22(9-7-21)43-23-10-11-27(44-31(32)33)24(17-23)28-26(20-38(2)37-28)36-30(42)25-18-35-40-15-4-12-34-29(25)40/h4,6-12,15,17-18,20,31,41H,3,5,13-14,16,19H2,1-2H3,(H,36,42). The number of nitrogens with one attached hydrogen (secondary N) is 1. The van der Waals surface area contributed by atoms with Crippen LogP contribution in [0.25, 0.3) is 16.9 Å². The normalized spacial score (nSPS) is 11.4. The van der Waals surface area contributed by atoms with Crippen LogP contribution in [0.3, 0.4) is 0 Å². The van der Waals surface area contributed by atoms with Crippen LogP contribution in [0.1, 0.15) is 35.7 Å². The molecule has 3 heterocycles. The fraction of sp³-hybridized carbons (Fsp3) is 0.290. The molecule has 44 heavy (non-hydrogen) atoms. The number of carbonyl (C=O) groups is 1. The van der Waals surface area contributed by atoms with E-state index in [9.17, 15) is 18.7 Å². The first-order valence-electron chi connectivity index (χ1n) is 14.2. The third-order valence-electron chi connectivity index (χ3n) is 6.76. The Bertz CT molecular complexity index is 1710. The number of ether oxygens (including phenoxy) is 2. The summed E-state index contributed by atoms with van der Waals surface area (Å²) in [6.45, 7) is 1.68. The second-order valence-electron chi connectivity index (χ2n) is 10.1. The number of halogens is 2. The number of amides is 1. The summed E-state index contributed by atoms with van der Waals surface area (Å²) in [7, 11) is 1.65. The van der Waals surface area contributed by atoms with Crippen LogP contribution < -0.4 is 14.8 Å². The van der Waals surface area contributed by atoms with Crippen molar-refractivity contribution in [3.05, 3.63) is 84.4 Å². The molecule has 5 rings (SSSR count). The first-order valence-corrected chi connectivity index (χ1v) is 14.2. The Hall–Kier alpha value is -4.88. The number of anilines is 1. The van der Waals surface area contributed by atoms with Crippen LogP contribution >= 0.6 is 0 Å². The topological polar surface area (TPSA) is 119 Å². The van der Waals surface area contributed by atoms with Gasteiger partial charge in [-0.05, 0) is 61.3 Å². The first kappa shape index (κ1) is 30.6. The molecule has 0 aliphatic rings. The second-order valence-corrected chi connectivity index (χ2v) is 10.1. The Balaban J connectivity index is 1.39. The summed E-state index contributed by atoms with van der Waals surface area (Å²) in [5.74, 6) is 0.286. The Morgan fingerprint density at radius 3 is 2.68 bits per heavy atom. The average molecular weight is 606 g/mol. The zero-order valence-electron chi connectivity index (χ0n) is 24.4. The van der Waals surface area contributed by atoms with E-state index >= 15 is 0 Å². The molecule has 0 aliphatic heterocycles. The highest BCUT2D eigenvalue weighted by Gasteiger charge is 2.22. The summed E-state index contributed by atoms with van der Waals surface area (Å²) >= 11 is 0. The van der Waals surface area contributed by atoms with Gasteiger partial charge in [0.15, 0.2) is 5.65 Å². The number of nitrogens with zero attached hydrogens (tertiary/aromatic N) is 6. The lowest BCUT2D eigenvalue weighted by Gasteiger charge is -2.21. The van der Waals surface area contributed by atoms with Crippen LogP contribution in [0, 0.1) is 0 Å². The van der Waals surface area contributed by atoms with Crippen molar-refractivity contribution in [2.45, 2.75) is 32.9 Å². The van der Waals surface area contributed by atoms with Crippen molar-refractivity contribution in [1.29, 1.82) is 0 Å². The Labute approximate surface area is 252 Å². The van der Waals surface area contributed by atoms with Gasteiger partial charge < -0.3 is 19.9 Å². The summed E-state index contributed by atoms with van der Waals surface area (Å²) in [6.07, 6.45) is 7.91. The van der Waals surface area contributed by atoms with Crippen molar-refractivity contribution in [3.8, 4) is 28.5 Å². The molecule has 230 valence electrons. The van der Waals surface area contributed by atoms with Gasteiger partial charge in [0, 0.05) is 45.3 Å². The lowest BCUT2D eigenvalue weighted by molar-refractivity contribution is -0.0494. The van der Waals surface area contributed by atoms with Crippen molar-refractivity contribution in [1.82, 2.24) is 29.3 Å². The summed E-state index contributed by atoms with van der Waals surface area (Å²) in [6, 6.07) is 13.7. The van der Waals surface area contributed by atoms with Gasteiger partial charge in [0.05, 0.1) is 17.4 Å². The van der Waals surface area contributed by atoms with Crippen LogP contribution in [0.15, 0.2) is 73.3 Å². The predicted octanol–water partition coefficient (Wildman–Crippen LogP) is 5.37. The van der Waals surface area contributed by atoms with E-state index in [2.05, 4.69) is 32.3 Å². The van der Waals surface area contributed by atoms with Gasteiger partial charge in [-0.1, -0.05) is 19.1 Å². The number of hydrogen-bond acceptors (Lipinski definition) is 8. The number of aliphatic hydroxyl groups is 1. The van der Waals surface area contributed by atoms with E-state index in [1.807, 2.05) is 24.3 Å². The number of aromatic nitrogens is 5. The fourth-order valence-corrected chi connectivity index (χ4v) is 4.85. The minimum absolute atomic E-state index is 0.131. The van der Waals surface area contributed by atoms with Crippen molar-refractivity contribution < 1.29 is 28.2 Å². The molecule has 13 heteroatoms. The maximum Gasteiger partial charge on any atom is 0.387 e. The number of benzene rings is 2. The van der Waals surface area contributed by atoms with Crippen molar-refractivity contribution in [3.63, 3.8) is 0 Å². The SMILES string of the molecule is CCCN(CCCO)Cc1ccc(Oc2ccc(OC(F)F)c(-c3nn(C)cc3NC(=O)c3cnn4cccnc34)c2)cc1. The molecule has 2 aromatic carbocycles. The van der Waals surface area contributed by atoms with Gasteiger partial charge in [-0.2, -0.15) is 19.0 Å². The number of aliphatic hydroxyl groups excluding tert-OH is 1. The maximum absolute atomic E-state index is 13.4. The Morgan fingerprint density at radius 2 is 1.93 bits per heavy atom. The van der Waals surface area contributed by atoms with Gasteiger partial charge in [-0.15, -0.1) is 0 Å². The molecule has 0 saturated carbocycles. The van der Waals surface area contributed by atoms with Crippen LogP contribution in [-0.4, -0.2) is 66.6 Å². The number of carbonyl (C=O) groups excluding carboxylic acids is 1. The number of alkyl halides is 2. The lowest BCUT2D eigenvalue weighted by atomic mass is 10.1. The minimum atomic E-state index is -3.08. The largest absolute Gasteiger partial charge is 0.457 e. The lowest BCUT2D eigenvalue weighted by Crippen LogP contribution is -2.25. The molecular weight excluding hydrogens is 572 g/mol.